The summed E-state index contributed by atoms with van der Waals surface area (Å²) in [7, 11) is 0. The minimum absolute atomic E-state index is 0.161. The number of carbonyl (C=O) groups excluding carboxylic acids is 1. The molecule has 0 bridgehead atoms. The molecule has 1 aromatic rings. The molecule has 0 saturated heterocycles. The van der Waals surface area contributed by atoms with Gasteiger partial charge >= 0.3 is 5.97 Å². The summed E-state index contributed by atoms with van der Waals surface area (Å²) in [6.45, 7) is 1.50. The van der Waals surface area contributed by atoms with Crippen LogP contribution in [0, 0.1) is 9.39 Å². The van der Waals surface area contributed by atoms with E-state index in [1.165, 1.54) is 19.1 Å². The van der Waals surface area contributed by atoms with Crippen LogP contribution in [0.4, 0.5) is 4.39 Å². The highest BCUT2D eigenvalue weighted by molar-refractivity contribution is 14.1. The molecule has 0 spiro atoms. The van der Waals surface area contributed by atoms with Gasteiger partial charge < -0.3 is 4.74 Å². The molecule has 1 aromatic carbocycles. The molecular formula is C9H7BrFIO2. The molecule has 0 heterocycles. The van der Waals surface area contributed by atoms with Gasteiger partial charge in [-0.3, -0.25) is 4.79 Å². The molecule has 0 fully saturated rings. The number of ether oxygens (including phenoxy) is 1. The third-order valence-corrected chi connectivity index (χ3v) is 3.20. The second-order valence-corrected chi connectivity index (χ2v) is 4.64. The van der Waals surface area contributed by atoms with Crippen molar-refractivity contribution in [2.45, 2.75) is 13.5 Å². The first kappa shape index (κ1) is 11.9. The molecule has 0 radical (unpaired) electrons. The Morgan fingerprint density at radius 3 is 2.79 bits per heavy atom. The van der Waals surface area contributed by atoms with Gasteiger partial charge in [-0.15, -0.1) is 0 Å². The van der Waals surface area contributed by atoms with Crippen molar-refractivity contribution in [3.05, 3.63) is 31.6 Å². The lowest BCUT2D eigenvalue weighted by Crippen LogP contribution is -2.01. The van der Waals surface area contributed by atoms with Gasteiger partial charge in [0.25, 0.3) is 0 Å². The number of hydrogen-bond acceptors (Lipinski definition) is 2. The predicted molar refractivity (Wildman–Crippen MR) is 62.3 cm³/mol. The van der Waals surface area contributed by atoms with Crippen LogP contribution in [0.3, 0.4) is 0 Å². The van der Waals surface area contributed by atoms with Crippen LogP contribution < -0.4 is 0 Å². The fourth-order valence-electron chi connectivity index (χ4n) is 0.884. The molecule has 0 aliphatic carbocycles. The van der Waals surface area contributed by atoms with Crippen molar-refractivity contribution in [1.82, 2.24) is 0 Å². The zero-order valence-electron chi connectivity index (χ0n) is 7.31. The van der Waals surface area contributed by atoms with Gasteiger partial charge in [0.05, 0.1) is 0 Å². The number of benzene rings is 1. The molecule has 14 heavy (non-hydrogen) atoms. The molecule has 76 valence electrons. The van der Waals surface area contributed by atoms with Crippen molar-refractivity contribution in [3.8, 4) is 0 Å². The molecule has 0 amide bonds. The zero-order valence-corrected chi connectivity index (χ0v) is 11.1. The van der Waals surface area contributed by atoms with Crippen LogP contribution in [0.15, 0.2) is 16.6 Å². The first-order chi connectivity index (χ1) is 6.50. The molecular weight excluding hydrogens is 366 g/mol. The summed E-state index contributed by atoms with van der Waals surface area (Å²) in [5, 5.41) is 0. The molecule has 0 saturated carbocycles. The number of rotatable bonds is 2. The van der Waals surface area contributed by atoms with Gasteiger partial charge in [-0.1, -0.05) is 15.9 Å². The highest BCUT2D eigenvalue weighted by atomic mass is 127. The van der Waals surface area contributed by atoms with E-state index in [-0.39, 0.29) is 18.4 Å². The van der Waals surface area contributed by atoms with E-state index >= 15 is 0 Å². The molecule has 5 heteroatoms. The average molecular weight is 373 g/mol. The van der Waals surface area contributed by atoms with E-state index in [2.05, 4.69) is 15.9 Å². The van der Waals surface area contributed by atoms with Gasteiger partial charge in [-0.2, -0.15) is 0 Å². The van der Waals surface area contributed by atoms with E-state index < -0.39 is 0 Å². The highest BCUT2D eigenvalue weighted by Gasteiger charge is 2.08. The van der Waals surface area contributed by atoms with Gasteiger partial charge in [-0.25, -0.2) is 4.39 Å². The predicted octanol–water partition coefficient (Wildman–Crippen LogP) is 3.26. The number of hydrogen-bond donors (Lipinski definition) is 0. The number of halogens is 3. The second-order valence-electron chi connectivity index (χ2n) is 2.63. The van der Waals surface area contributed by atoms with Crippen LogP contribution in [-0.2, 0) is 16.1 Å². The van der Waals surface area contributed by atoms with Gasteiger partial charge in [-0.05, 0) is 34.7 Å². The summed E-state index contributed by atoms with van der Waals surface area (Å²) >= 11 is 5.21. The van der Waals surface area contributed by atoms with Crippen molar-refractivity contribution in [1.29, 1.82) is 0 Å². The lowest BCUT2D eigenvalue weighted by molar-refractivity contribution is -0.142. The Balaban J connectivity index is 2.91. The maximum atomic E-state index is 12.9. The van der Waals surface area contributed by atoms with E-state index in [1.54, 1.807) is 0 Å². The molecule has 0 atom stereocenters. The summed E-state index contributed by atoms with van der Waals surface area (Å²) in [6, 6.07) is 2.74. The molecule has 0 aliphatic heterocycles. The van der Waals surface area contributed by atoms with E-state index in [0.717, 1.165) is 9.13 Å². The summed E-state index contributed by atoms with van der Waals surface area (Å²) < 4.78 is 19.0. The zero-order chi connectivity index (χ0) is 10.7. The number of esters is 1. The standard InChI is InChI=1S/C9H7BrFIO2/c1-5(13)14-4-7-8(10)2-6(11)3-9(7)12/h2-3H,4H2,1H3. The third-order valence-electron chi connectivity index (χ3n) is 1.53. The van der Waals surface area contributed by atoms with Crippen LogP contribution in [0.2, 0.25) is 0 Å². The Kier molecular flexibility index (Phi) is 4.31. The van der Waals surface area contributed by atoms with Crippen molar-refractivity contribution in [3.63, 3.8) is 0 Å². The molecule has 1 rings (SSSR count). The van der Waals surface area contributed by atoms with E-state index in [1.807, 2.05) is 22.6 Å². The minimum atomic E-state index is -0.350. The fourth-order valence-corrected chi connectivity index (χ4v) is 2.54. The summed E-state index contributed by atoms with van der Waals surface area (Å²) in [5.74, 6) is -0.662. The largest absolute Gasteiger partial charge is 0.461 e. The third kappa shape index (κ3) is 3.20. The van der Waals surface area contributed by atoms with Crippen molar-refractivity contribution >= 4 is 44.5 Å². The smallest absolute Gasteiger partial charge is 0.302 e. The minimum Gasteiger partial charge on any atom is -0.461 e. The highest BCUT2D eigenvalue weighted by Crippen LogP contribution is 2.24. The van der Waals surface area contributed by atoms with Gasteiger partial charge in [0.1, 0.15) is 12.4 Å². The monoisotopic (exact) mass is 372 g/mol. The first-order valence-corrected chi connectivity index (χ1v) is 5.64. The quantitative estimate of drug-likeness (QED) is 0.588. The topological polar surface area (TPSA) is 26.3 Å². The SMILES string of the molecule is CC(=O)OCc1c(Br)cc(F)cc1I. The normalized spacial score (nSPS) is 10.0. The molecule has 0 aromatic heterocycles. The molecule has 0 unspecified atom stereocenters. The fraction of sp³-hybridized carbons (Fsp3) is 0.222. The Morgan fingerprint density at radius 1 is 1.64 bits per heavy atom. The maximum absolute atomic E-state index is 12.9. The molecule has 0 N–H and O–H groups in total. The van der Waals surface area contributed by atoms with Crippen LogP contribution in [0.25, 0.3) is 0 Å². The molecule has 2 nitrogen and oxygen atoms in total. The van der Waals surface area contributed by atoms with Gasteiger partial charge in [0, 0.05) is 20.5 Å². The number of carbonyl (C=O) groups is 1. The van der Waals surface area contributed by atoms with Gasteiger partial charge in [0.2, 0.25) is 0 Å². The Hall–Kier alpha value is -0.170. The Bertz CT molecular complexity index is 345. The summed E-state index contributed by atoms with van der Waals surface area (Å²) in [4.78, 5) is 10.6. The average Bonchev–Trinajstić information content (AvgIpc) is 2.01. The van der Waals surface area contributed by atoms with E-state index in [9.17, 15) is 9.18 Å². The second kappa shape index (κ2) is 5.06. The van der Waals surface area contributed by atoms with Crippen molar-refractivity contribution in [2.24, 2.45) is 0 Å². The summed E-state index contributed by atoms with van der Waals surface area (Å²) in [6.07, 6.45) is 0. The molecule has 0 aliphatic rings. The van der Waals surface area contributed by atoms with Crippen LogP contribution >= 0.6 is 38.5 Å². The van der Waals surface area contributed by atoms with E-state index in [0.29, 0.717) is 4.47 Å². The first-order valence-electron chi connectivity index (χ1n) is 3.77. The lowest BCUT2D eigenvalue weighted by Gasteiger charge is -2.07. The maximum Gasteiger partial charge on any atom is 0.302 e. The van der Waals surface area contributed by atoms with Crippen LogP contribution in [-0.4, -0.2) is 5.97 Å². The summed E-state index contributed by atoms with van der Waals surface area (Å²) in [5.41, 5.74) is 0.780. The Labute approximate surface area is 103 Å². The van der Waals surface area contributed by atoms with Crippen LogP contribution in [0.5, 0.6) is 0 Å². The Morgan fingerprint density at radius 2 is 2.29 bits per heavy atom. The van der Waals surface area contributed by atoms with Crippen molar-refractivity contribution in [2.75, 3.05) is 0 Å². The van der Waals surface area contributed by atoms with E-state index in [4.69, 9.17) is 4.74 Å². The van der Waals surface area contributed by atoms with Crippen molar-refractivity contribution < 1.29 is 13.9 Å². The lowest BCUT2D eigenvalue weighted by atomic mass is 10.2. The van der Waals surface area contributed by atoms with Gasteiger partial charge in [0.15, 0.2) is 0 Å². The van der Waals surface area contributed by atoms with Crippen LogP contribution in [0.1, 0.15) is 12.5 Å².